The fraction of sp³-hybridized carbons (Fsp3) is 1.00. The molecule has 0 unspecified atom stereocenters. The molecular weight excluding hydrogens is 273 g/mol. The van der Waals surface area contributed by atoms with Crippen molar-refractivity contribution in [3.8, 4) is 0 Å². The van der Waals surface area contributed by atoms with Crippen molar-refractivity contribution in [1.82, 2.24) is 5.32 Å². The Kier molecular flexibility index (Phi) is 15.9. The van der Waals surface area contributed by atoms with Gasteiger partial charge in [-0.3, -0.25) is 4.57 Å². The molecule has 0 fully saturated rings. The van der Waals surface area contributed by atoms with Gasteiger partial charge in [0, 0.05) is 6.54 Å². The minimum absolute atomic E-state index is 0. The van der Waals surface area contributed by atoms with Crippen LogP contribution >= 0.6 is 20.0 Å². The van der Waals surface area contributed by atoms with Crippen LogP contribution in [0.2, 0.25) is 0 Å². The van der Waals surface area contributed by atoms with Gasteiger partial charge in [0.15, 0.2) is 0 Å². The first-order valence-electron chi connectivity index (χ1n) is 6.77. The number of hydrogen-bond donors (Lipinski definition) is 1. The molecule has 1 N–H and O–H groups in total. The van der Waals surface area contributed by atoms with Crippen molar-refractivity contribution in [2.75, 3.05) is 32.5 Å². The van der Waals surface area contributed by atoms with E-state index in [0.717, 1.165) is 6.54 Å². The third kappa shape index (κ3) is 11.5. The Hall–Kier alpha value is 0.400. The lowest BCUT2D eigenvalue weighted by Crippen LogP contribution is -2.20. The minimum atomic E-state index is -2.84. The van der Waals surface area contributed by atoms with E-state index in [1.54, 1.807) is 0 Å². The molecule has 0 aliphatic heterocycles. The fourth-order valence-electron chi connectivity index (χ4n) is 1.58. The van der Waals surface area contributed by atoms with Crippen LogP contribution in [0.15, 0.2) is 0 Å². The molecule has 0 aliphatic carbocycles. The third-order valence-electron chi connectivity index (χ3n) is 2.42. The Morgan fingerprint density at radius 2 is 1.56 bits per heavy atom. The predicted molar refractivity (Wildman–Crippen MR) is 80.0 cm³/mol. The van der Waals surface area contributed by atoms with Crippen LogP contribution in [0.3, 0.4) is 0 Å². The molecule has 0 bridgehead atoms. The summed E-state index contributed by atoms with van der Waals surface area (Å²) in [6.45, 7) is 8.44. The van der Waals surface area contributed by atoms with Crippen molar-refractivity contribution >= 4 is 20.0 Å². The van der Waals surface area contributed by atoms with Crippen LogP contribution in [-0.4, -0.2) is 32.5 Å². The van der Waals surface area contributed by atoms with Crippen LogP contribution < -0.4 is 5.32 Å². The van der Waals surface area contributed by atoms with Gasteiger partial charge in [-0.2, -0.15) is 0 Å². The van der Waals surface area contributed by atoms with Crippen LogP contribution in [0.25, 0.3) is 0 Å². The topological polar surface area (TPSA) is 47.6 Å². The maximum Gasteiger partial charge on any atom is 0.331 e. The molecule has 4 nitrogen and oxygen atoms in total. The minimum Gasteiger partial charge on any atom is -0.316 e. The molecule has 112 valence electrons. The lowest BCUT2D eigenvalue weighted by atomic mass is 10.2. The Morgan fingerprint density at radius 3 is 2.06 bits per heavy atom. The number of nitrogens with one attached hydrogen (secondary N) is 1. The quantitative estimate of drug-likeness (QED) is 0.439. The summed E-state index contributed by atoms with van der Waals surface area (Å²) in [7, 11) is -2.84. The zero-order valence-electron chi connectivity index (χ0n) is 11.9. The number of rotatable bonds is 12. The van der Waals surface area contributed by atoms with E-state index < -0.39 is 7.60 Å². The summed E-state index contributed by atoms with van der Waals surface area (Å²) in [5.74, 6) is 0. The normalized spacial score (nSPS) is 11.3. The lowest BCUT2D eigenvalue weighted by Gasteiger charge is -2.17. The first kappa shape index (κ1) is 20.7. The van der Waals surface area contributed by atoms with Gasteiger partial charge >= 0.3 is 7.60 Å². The second-order valence-electron chi connectivity index (χ2n) is 3.98. The van der Waals surface area contributed by atoms with Crippen LogP contribution in [0.1, 0.15) is 46.5 Å². The Bertz CT molecular complexity index is 207. The smallest absolute Gasteiger partial charge is 0.316 e. The summed E-state index contributed by atoms with van der Waals surface area (Å²) in [6, 6.07) is 0. The second-order valence-corrected chi connectivity index (χ2v) is 6.17. The highest BCUT2D eigenvalue weighted by molar-refractivity contribution is 7.53. The molecule has 0 radical (unpaired) electrons. The van der Waals surface area contributed by atoms with Crippen molar-refractivity contribution in [2.45, 2.75) is 46.5 Å². The molecule has 6 heteroatoms. The summed E-state index contributed by atoms with van der Waals surface area (Å²) < 4.78 is 22.5. The van der Waals surface area contributed by atoms with Crippen LogP contribution in [0.4, 0.5) is 0 Å². The van der Waals surface area contributed by atoms with E-state index in [9.17, 15) is 4.57 Å². The first-order chi connectivity index (χ1) is 8.18. The van der Waals surface area contributed by atoms with Gasteiger partial charge in [0.1, 0.15) is 0 Å². The van der Waals surface area contributed by atoms with Gasteiger partial charge in [-0.1, -0.05) is 26.2 Å². The van der Waals surface area contributed by atoms with E-state index in [1.807, 2.05) is 13.8 Å². The molecule has 0 saturated carbocycles. The lowest BCUT2D eigenvalue weighted by molar-refractivity contribution is 0.220. The Labute approximate surface area is 118 Å². The molecule has 0 saturated heterocycles. The van der Waals surface area contributed by atoms with Gasteiger partial charge in [0.2, 0.25) is 0 Å². The van der Waals surface area contributed by atoms with Crippen LogP contribution in [0.5, 0.6) is 0 Å². The van der Waals surface area contributed by atoms with E-state index in [2.05, 4.69) is 12.2 Å². The Balaban J connectivity index is 0. The molecule has 0 aromatic heterocycles. The van der Waals surface area contributed by atoms with Crippen molar-refractivity contribution < 1.29 is 13.6 Å². The second kappa shape index (κ2) is 13.8. The van der Waals surface area contributed by atoms with Crippen LogP contribution in [0, 0.1) is 0 Å². The summed E-state index contributed by atoms with van der Waals surface area (Å²) in [4.78, 5) is 0. The summed E-state index contributed by atoms with van der Waals surface area (Å²) >= 11 is 0. The number of halogens is 1. The van der Waals surface area contributed by atoms with Crippen molar-refractivity contribution in [1.29, 1.82) is 0 Å². The van der Waals surface area contributed by atoms with Crippen LogP contribution in [-0.2, 0) is 13.6 Å². The third-order valence-corrected chi connectivity index (χ3v) is 4.50. The maximum atomic E-state index is 12.1. The molecule has 0 aromatic carbocycles. The molecule has 18 heavy (non-hydrogen) atoms. The highest BCUT2D eigenvalue weighted by atomic mass is 35.5. The van der Waals surface area contributed by atoms with E-state index in [0.29, 0.717) is 25.9 Å². The zero-order chi connectivity index (χ0) is 13.0. The van der Waals surface area contributed by atoms with Gasteiger partial charge < -0.3 is 14.4 Å². The SMILES string of the molecule is CCCCCCNCCP(=O)(OCC)OCC.Cl. The van der Waals surface area contributed by atoms with Crippen molar-refractivity contribution in [2.24, 2.45) is 0 Å². The average molecular weight is 302 g/mol. The maximum absolute atomic E-state index is 12.1. The van der Waals surface area contributed by atoms with E-state index in [1.165, 1.54) is 25.7 Å². The number of unbranched alkanes of at least 4 members (excludes halogenated alkanes) is 3. The average Bonchev–Trinajstić information content (AvgIpc) is 2.28. The fourth-order valence-corrected chi connectivity index (χ4v) is 3.13. The first-order valence-corrected chi connectivity index (χ1v) is 8.50. The van der Waals surface area contributed by atoms with Crippen molar-refractivity contribution in [3.63, 3.8) is 0 Å². The zero-order valence-corrected chi connectivity index (χ0v) is 13.7. The molecule has 0 heterocycles. The predicted octanol–water partition coefficient (Wildman–Crippen LogP) is 3.84. The van der Waals surface area contributed by atoms with Gasteiger partial charge in [0.25, 0.3) is 0 Å². The van der Waals surface area contributed by atoms with Crippen molar-refractivity contribution in [3.05, 3.63) is 0 Å². The molecule has 0 atom stereocenters. The molecule has 0 amide bonds. The summed E-state index contributed by atoms with van der Waals surface area (Å²) in [5.41, 5.74) is 0. The van der Waals surface area contributed by atoms with E-state index in [4.69, 9.17) is 9.05 Å². The number of hydrogen-bond acceptors (Lipinski definition) is 4. The Morgan fingerprint density at radius 1 is 0.944 bits per heavy atom. The molecular formula is C12H29ClNO3P. The van der Waals surface area contributed by atoms with Gasteiger partial charge in [-0.25, -0.2) is 0 Å². The monoisotopic (exact) mass is 301 g/mol. The van der Waals surface area contributed by atoms with Gasteiger partial charge in [0.05, 0.1) is 19.4 Å². The van der Waals surface area contributed by atoms with E-state index >= 15 is 0 Å². The molecule has 0 aromatic rings. The van der Waals surface area contributed by atoms with E-state index in [-0.39, 0.29) is 12.4 Å². The van der Waals surface area contributed by atoms with Gasteiger partial charge in [-0.15, -0.1) is 12.4 Å². The standard InChI is InChI=1S/C12H28NO3P.ClH/c1-4-7-8-9-10-13-11-12-17(14,15-5-2)16-6-3;/h13H,4-12H2,1-3H3;1H. The summed E-state index contributed by atoms with van der Waals surface area (Å²) in [6.07, 6.45) is 5.45. The molecule has 0 rings (SSSR count). The molecule has 0 spiro atoms. The molecule has 0 aliphatic rings. The van der Waals surface area contributed by atoms with Gasteiger partial charge in [-0.05, 0) is 26.8 Å². The summed E-state index contributed by atoms with van der Waals surface area (Å²) in [5, 5.41) is 3.28. The highest BCUT2D eigenvalue weighted by Crippen LogP contribution is 2.47. The largest absolute Gasteiger partial charge is 0.331 e. The highest BCUT2D eigenvalue weighted by Gasteiger charge is 2.22.